The van der Waals surface area contributed by atoms with Crippen LogP contribution in [0.15, 0.2) is 18.2 Å². The molecule has 3 aliphatic carbocycles. The fourth-order valence-electron chi connectivity index (χ4n) is 5.54. The van der Waals surface area contributed by atoms with Crippen molar-refractivity contribution in [2.24, 2.45) is 17.3 Å². The van der Waals surface area contributed by atoms with Crippen molar-refractivity contribution in [3.8, 4) is 5.75 Å². The number of aryl methyl sites for hydroxylation is 1. The Balaban J connectivity index is 0.00000132. The van der Waals surface area contributed by atoms with E-state index in [9.17, 15) is 10.2 Å². The van der Waals surface area contributed by atoms with E-state index < -0.39 is 0 Å². The van der Waals surface area contributed by atoms with Crippen LogP contribution >= 0.6 is 0 Å². The molecule has 0 spiro atoms. The number of benzene rings is 1. The molecule has 2 saturated carbocycles. The van der Waals surface area contributed by atoms with E-state index in [2.05, 4.69) is 13.0 Å². The molecule has 0 heterocycles. The van der Waals surface area contributed by atoms with E-state index in [-0.39, 0.29) is 31.9 Å². The Labute approximate surface area is 140 Å². The summed E-state index contributed by atoms with van der Waals surface area (Å²) < 4.78 is 0. The molecule has 1 radical (unpaired) electrons. The minimum Gasteiger partial charge on any atom is -0.508 e. The van der Waals surface area contributed by atoms with Crippen molar-refractivity contribution in [3.63, 3.8) is 0 Å². The van der Waals surface area contributed by atoms with Crippen molar-refractivity contribution >= 4 is 0 Å². The Bertz CT molecular complexity index is 544. The minimum atomic E-state index is -0.0883. The second-order valence-electron chi connectivity index (χ2n) is 7.44. The molecule has 2 N–H and O–H groups in total. The summed E-state index contributed by atoms with van der Waals surface area (Å²) in [6, 6.07) is 5.96. The van der Waals surface area contributed by atoms with Gasteiger partial charge >= 0.3 is 0 Å². The van der Waals surface area contributed by atoms with E-state index in [0.29, 0.717) is 17.6 Å². The summed E-state index contributed by atoms with van der Waals surface area (Å²) in [4.78, 5) is 0. The van der Waals surface area contributed by atoms with Crippen molar-refractivity contribution in [1.82, 2.24) is 0 Å². The third-order valence-corrected chi connectivity index (χ3v) is 6.66. The number of phenols is 1. The molecule has 0 amide bonds. The molecule has 0 aliphatic heterocycles. The molecule has 3 aliphatic rings. The molecule has 1 aromatic rings. The summed E-state index contributed by atoms with van der Waals surface area (Å²) in [5, 5.41) is 20.0. The van der Waals surface area contributed by atoms with Crippen LogP contribution in [0.2, 0.25) is 0 Å². The van der Waals surface area contributed by atoms with Gasteiger partial charge in [-0.2, -0.15) is 0 Å². The zero-order valence-corrected chi connectivity index (χ0v) is 15.3. The summed E-state index contributed by atoms with van der Waals surface area (Å²) in [6.45, 7) is 2.32. The van der Waals surface area contributed by atoms with Gasteiger partial charge in [0, 0.05) is 20.4 Å². The molecule has 0 bridgehead atoms. The van der Waals surface area contributed by atoms with Crippen LogP contribution in [0.5, 0.6) is 5.75 Å². The van der Waals surface area contributed by atoms with Crippen molar-refractivity contribution in [1.29, 1.82) is 0 Å². The Hall–Kier alpha value is -0.358. The zero-order chi connectivity index (χ0) is 13.9. The van der Waals surface area contributed by atoms with Gasteiger partial charge in [0.1, 0.15) is 5.75 Å². The maximum atomic E-state index is 10.4. The second-order valence-corrected chi connectivity index (χ2v) is 7.44. The maximum Gasteiger partial charge on any atom is 0.115 e. The Morgan fingerprint density at radius 1 is 1.14 bits per heavy atom. The largest absolute Gasteiger partial charge is 0.508 e. The standard InChI is InChI=1S/C18H24O2.Re/c1-18-9-8-14-13-5-3-12(19)10-11(13)2-4-15(14)16(18)6-7-17(18)20;/h3,5,10,14-17,19-20H,2,4,6-9H2,1H3;/t14-,15-,16+,17?,18+;/m1./s1. The molecule has 5 atom stereocenters. The number of aliphatic hydroxyl groups is 1. The molecule has 0 saturated heterocycles. The smallest absolute Gasteiger partial charge is 0.115 e. The average molecular weight is 459 g/mol. The first-order valence-electron chi connectivity index (χ1n) is 8.09. The number of rotatable bonds is 0. The molecular weight excluding hydrogens is 434 g/mol. The van der Waals surface area contributed by atoms with Crippen molar-refractivity contribution < 1.29 is 30.6 Å². The van der Waals surface area contributed by atoms with Gasteiger partial charge in [-0.15, -0.1) is 0 Å². The van der Waals surface area contributed by atoms with E-state index in [1.165, 1.54) is 30.4 Å². The minimum absolute atomic E-state index is 0. The van der Waals surface area contributed by atoms with Gasteiger partial charge in [-0.3, -0.25) is 0 Å². The van der Waals surface area contributed by atoms with Crippen molar-refractivity contribution in [2.75, 3.05) is 0 Å². The first kappa shape index (κ1) is 15.5. The number of fused-ring (bicyclic) bond motifs is 5. The van der Waals surface area contributed by atoms with Gasteiger partial charge < -0.3 is 10.2 Å². The monoisotopic (exact) mass is 459 g/mol. The first-order valence-corrected chi connectivity index (χ1v) is 8.09. The predicted molar refractivity (Wildman–Crippen MR) is 78.7 cm³/mol. The molecule has 115 valence electrons. The maximum absolute atomic E-state index is 10.4. The summed E-state index contributed by atoms with van der Waals surface area (Å²) in [7, 11) is 0. The van der Waals surface area contributed by atoms with Gasteiger partial charge in [-0.05, 0) is 85.0 Å². The number of hydrogen-bond acceptors (Lipinski definition) is 2. The van der Waals surface area contributed by atoms with Gasteiger partial charge in [0.2, 0.25) is 0 Å². The van der Waals surface area contributed by atoms with Crippen molar-refractivity contribution in [3.05, 3.63) is 29.3 Å². The van der Waals surface area contributed by atoms with Crippen LogP contribution in [0.25, 0.3) is 0 Å². The molecule has 4 rings (SSSR count). The van der Waals surface area contributed by atoms with Gasteiger partial charge in [-0.25, -0.2) is 0 Å². The van der Waals surface area contributed by atoms with E-state index in [0.717, 1.165) is 25.2 Å². The van der Waals surface area contributed by atoms with Crippen LogP contribution in [0.4, 0.5) is 0 Å². The number of aliphatic hydroxyl groups excluding tert-OH is 1. The summed E-state index contributed by atoms with van der Waals surface area (Å²) >= 11 is 0. The summed E-state index contributed by atoms with van der Waals surface area (Å²) in [5.74, 6) is 2.49. The summed E-state index contributed by atoms with van der Waals surface area (Å²) in [6.07, 6.45) is 6.78. The van der Waals surface area contributed by atoms with Gasteiger partial charge in [0.25, 0.3) is 0 Å². The van der Waals surface area contributed by atoms with Gasteiger partial charge in [-0.1, -0.05) is 13.0 Å². The van der Waals surface area contributed by atoms with Crippen LogP contribution in [-0.4, -0.2) is 16.3 Å². The Morgan fingerprint density at radius 2 is 1.95 bits per heavy atom. The van der Waals surface area contributed by atoms with E-state index in [1.54, 1.807) is 0 Å². The molecule has 1 unspecified atom stereocenters. The Morgan fingerprint density at radius 3 is 2.76 bits per heavy atom. The fourth-order valence-corrected chi connectivity index (χ4v) is 5.54. The SMILES string of the molecule is C[C@]12CC[C@@H]3c4ccc(O)cc4CC[C@H]3[C@@H]1CCC2O.[Re]. The molecular formula is C18H24O2Re. The van der Waals surface area contributed by atoms with Crippen LogP contribution in [-0.2, 0) is 26.8 Å². The average Bonchev–Trinajstić information content (AvgIpc) is 2.74. The molecule has 3 heteroatoms. The third kappa shape index (κ3) is 2.21. The quantitative estimate of drug-likeness (QED) is 0.624. The number of hydrogen-bond donors (Lipinski definition) is 2. The van der Waals surface area contributed by atoms with Crippen LogP contribution in [0.3, 0.4) is 0 Å². The van der Waals surface area contributed by atoms with Crippen LogP contribution in [0.1, 0.15) is 56.1 Å². The molecule has 0 aromatic heterocycles. The number of phenolic OH excluding ortho intramolecular Hbond substituents is 1. The number of aromatic hydroxyl groups is 1. The van der Waals surface area contributed by atoms with Gasteiger partial charge in [0.05, 0.1) is 6.10 Å². The van der Waals surface area contributed by atoms with E-state index in [4.69, 9.17) is 0 Å². The van der Waals surface area contributed by atoms with Crippen LogP contribution in [0, 0.1) is 17.3 Å². The van der Waals surface area contributed by atoms with Gasteiger partial charge in [0.15, 0.2) is 0 Å². The van der Waals surface area contributed by atoms with Crippen molar-refractivity contribution in [2.45, 2.75) is 57.5 Å². The molecule has 1 aromatic carbocycles. The fraction of sp³-hybridized carbons (Fsp3) is 0.667. The first-order chi connectivity index (χ1) is 9.59. The normalized spacial score (nSPS) is 40.7. The van der Waals surface area contributed by atoms with E-state index >= 15 is 0 Å². The Kier molecular flexibility index (Phi) is 3.98. The molecule has 2 fully saturated rings. The predicted octanol–water partition coefficient (Wildman–Crippen LogP) is 3.61. The third-order valence-electron chi connectivity index (χ3n) is 6.66. The topological polar surface area (TPSA) is 40.5 Å². The second kappa shape index (κ2) is 5.37. The van der Waals surface area contributed by atoms with Crippen LogP contribution < -0.4 is 0 Å². The molecule has 2 nitrogen and oxygen atoms in total. The summed E-state index contributed by atoms with van der Waals surface area (Å²) in [5.41, 5.74) is 2.99. The van der Waals surface area contributed by atoms with E-state index in [1.807, 2.05) is 12.1 Å². The zero-order valence-electron chi connectivity index (χ0n) is 12.6. The molecule has 21 heavy (non-hydrogen) atoms.